The van der Waals surface area contributed by atoms with Crippen molar-refractivity contribution < 1.29 is 9.18 Å². The lowest BCUT2D eigenvalue weighted by atomic mass is 10.1. The molecule has 1 amide bonds. The number of hydrogen-bond donors (Lipinski definition) is 1. The summed E-state index contributed by atoms with van der Waals surface area (Å²) in [6, 6.07) is 15.8. The molecule has 0 bridgehead atoms. The lowest BCUT2D eigenvalue weighted by Crippen LogP contribution is -2.12. The second-order valence-electron chi connectivity index (χ2n) is 5.39. The van der Waals surface area contributed by atoms with Gasteiger partial charge in [0, 0.05) is 29.2 Å². The summed E-state index contributed by atoms with van der Waals surface area (Å²) in [6.45, 7) is 0.477. The molecule has 0 saturated heterocycles. The van der Waals surface area contributed by atoms with Crippen molar-refractivity contribution in [1.29, 1.82) is 5.26 Å². The molecule has 0 unspecified atom stereocenters. The highest BCUT2D eigenvalue weighted by molar-refractivity contribution is 6.03. The Hall–Kier alpha value is -3.39. The van der Waals surface area contributed by atoms with Crippen molar-refractivity contribution in [2.45, 2.75) is 6.54 Å². The molecule has 0 spiro atoms. The van der Waals surface area contributed by atoms with E-state index in [-0.39, 0.29) is 11.4 Å². The van der Waals surface area contributed by atoms with Crippen molar-refractivity contribution in [3.63, 3.8) is 0 Å². The van der Waals surface area contributed by atoms with Crippen LogP contribution in [-0.2, 0) is 11.3 Å². The third-order valence-corrected chi connectivity index (χ3v) is 3.75. The Balaban J connectivity index is 2.10. The van der Waals surface area contributed by atoms with Crippen LogP contribution in [0.25, 0.3) is 17.0 Å². The van der Waals surface area contributed by atoms with Crippen LogP contribution in [0.4, 0.5) is 4.39 Å². The van der Waals surface area contributed by atoms with Gasteiger partial charge in [0.15, 0.2) is 0 Å². The van der Waals surface area contributed by atoms with E-state index in [1.54, 1.807) is 6.07 Å². The number of fused-ring (bicyclic) bond motifs is 1. The van der Waals surface area contributed by atoms with Gasteiger partial charge in [-0.1, -0.05) is 30.3 Å². The zero-order chi connectivity index (χ0) is 17.1. The first kappa shape index (κ1) is 15.5. The molecule has 3 aromatic rings. The van der Waals surface area contributed by atoms with Crippen LogP contribution in [0.1, 0.15) is 11.1 Å². The van der Waals surface area contributed by atoms with Gasteiger partial charge < -0.3 is 10.3 Å². The molecule has 0 fully saturated rings. The van der Waals surface area contributed by atoms with Crippen molar-refractivity contribution in [1.82, 2.24) is 4.57 Å². The summed E-state index contributed by atoms with van der Waals surface area (Å²) in [6.07, 6.45) is 3.31. The molecule has 2 N–H and O–H groups in total. The Morgan fingerprint density at radius 2 is 2.04 bits per heavy atom. The van der Waals surface area contributed by atoms with Gasteiger partial charge in [0.25, 0.3) is 5.91 Å². The molecule has 0 aliphatic rings. The van der Waals surface area contributed by atoms with E-state index in [1.165, 1.54) is 18.2 Å². The molecule has 1 heterocycles. The Bertz CT molecular complexity index is 995. The van der Waals surface area contributed by atoms with Gasteiger partial charge in [-0.2, -0.15) is 5.26 Å². The molecule has 24 heavy (non-hydrogen) atoms. The van der Waals surface area contributed by atoms with E-state index in [0.29, 0.717) is 6.54 Å². The number of nitrogens with zero attached hydrogens (tertiary/aromatic N) is 2. The number of nitrogens with two attached hydrogens (primary N) is 1. The number of aromatic nitrogens is 1. The fourth-order valence-electron chi connectivity index (χ4n) is 2.67. The van der Waals surface area contributed by atoms with Crippen molar-refractivity contribution in [3.05, 3.63) is 77.2 Å². The van der Waals surface area contributed by atoms with E-state index in [0.717, 1.165) is 22.0 Å². The highest BCUT2D eigenvalue weighted by Crippen LogP contribution is 2.24. The summed E-state index contributed by atoms with van der Waals surface area (Å²) in [5, 5.41) is 9.93. The molecule has 0 aliphatic carbocycles. The van der Waals surface area contributed by atoms with E-state index >= 15 is 0 Å². The summed E-state index contributed by atoms with van der Waals surface area (Å²) < 4.78 is 15.3. The predicted octanol–water partition coefficient (Wildman–Crippen LogP) is 3.22. The Morgan fingerprint density at radius 3 is 2.75 bits per heavy atom. The van der Waals surface area contributed by atoms with Gasteiger partial charge in [0.1, 0.15) is 17.5 Å². The fourth-order valence-corrected chi connectivity index (χ4v) is 2.67. The highest BCUT2D eigenvalue weighted by Gasteiger charge is 2.10. The number of benzene rings is 2. The molecule has 3 rings (SSSR count). The van der Waals surface area contributed by atoms with E-state index < -0.39 is 5.91 Å². The third kappa shape index (κ3) is 3.03. The zero-order valence-corrected chi connectivity index (χ0v) is 12.7. The average molecular weight is 319 g/mol. The number of hydrogen-bond acceptors (Lipinski definition) is 2. The van der Waals surface area contributed by atoms with Crippen LogP contribution in [0.5, 0.6) is 0 Å². The van der Waals surface area contributed by atoms with Crippen LogP contribution in [0.15, 0.2) is 60.3 Å². The van der Waals surface area contributed by atoms with Crippen LogP contribution in [0.3, 0.4) is 0 Å². The second kappa shape index (κ2) is 6.39. The Kier molecular flexibility index (Phi) is 4.13. The standard InChI is InChI=1S/C19H14FN3O/c20-16-5-3-4-13(8-16)11-23-12-15(9-14(10-21)19(22)24)17-6-1-2-7-18(17)23/h1-9,12H,11H2,(H2,22,24)/b14-9-. The quantitative estimate of drug-likeness (QED) is 0.592. The maximum Gasteiger partial charge on any atom is 0.259 e. The number of primary amides is 1. The highest BCUT2D eigenvalue weighted by atomic mass is 19.1. The van der Waals surface area contributed by atoms with Crippen LogP contribution in [0, 0.1) is 17.1 Å². The number of rotatable bonds is 4. The summed E-state index contributed by atoms with van der Waals surface area (Å²) in [4.78, 5) is 11.3. The lowest BCUT2D eigenvalue weighted by molar-refractivity contribution is -0.114. The van der Waals surface area contributed by atoms with Gasteiger partial charge in [0.2, 0.25) is 0 Å². The summed E-state index contributed by atoms with van der Waals surface area (Å²) in [7, 11) is 0. The van der Waals surface area contributed by atoms with Crippen molar-refractivity contribution in [2.24, 2.45) is 5.73 Å². The van der Waals surface area contributed by atoms with Gasteiger partial charge in [-0.3, -0.25) is 4.79 Å². The SMILES string of the molecule is N#C/C(=C/c1cn(Cc2cccc(F)c2)c2ccccc12)C(N)=O. The van der Waals surface area contributed by atoms with E-state index in [1.807, 2.05) is 47.2 Å². The molecule has 2 aromatic carbocycles. The third-order valence-electron chi connectivity index (χ3n) is 3.75. The fraction of sp³-hybridized carbons (Fsp3) is 0.0526. The van der Waals surface area contributed by atoms with E-state index in [9.17, 15) is 9.18 Å². The largest absolute Gasteiger partial charge is 0.365 e. The van der Waals surface area contributed by atoms with Gasteiger partial charge in [0.05, 0.1) is 0 Å². The van der Waals surface area contributed by atoms with Crippen molar-refractivity contribution >= 4 is 22.9 Å². The number of halogens is 1. The zero-order valence-electron chi connectivity index (χ0n) is 12.7. The van der Waals surface area contributed by atoms with Gasteiger partial charge in [-0.05, 0) is 29.8 Å². The van der Waals surface area contributed by atoms with Crippen LogP contribution in [-0.4, -0.2) is 10.5 Å². The van der Waals surface area contributed by atoms with Crippen LogP contribution < -0.4 is 5.73 Å². The topological polar surface area (TPSA) is 71.8 Å². The molecule has 0 aliphatic heterocycles. The molecule has 5 heteroatoms. The minimum atomic E-state index is -0.764. The molecule has 4 nitrogen and oxygen atoms in total. The van der Waals surface area contributed by atoms with Crippen molar-refractivity contribution in [2.75, 3.05) is 0 Å². The van der Waals surface area contributed by atoms with Gasteiger partial charge in [-0.15, -0.1) is 0 Å². The number of carbonyl (C=O) groups excluding carboxylic acids is 1. The molecular weight excluding hydrogens is 305 g/mol. The first-order chi connectivity index (χ1) is 11.6. The maximum absolute atomic E-state index is 13.4. The van der Waals surface area contributed by atoms with Crippen LogP contribution >= 0.6 is 0 Å². The summed E-state index contributed by atoms with van der Waals surface area (Å²) >= 11 is 0. The van der Waals surface area contributed by atoms with Gasteiger partial charge in [-0.25, -0.2) is 4.39 Å². The summed E-state index contributed by atoms with van der Waals surface area (Å²) in [5.74, 6) is -1.05. The maximum atomic E-state index is 13.4. The minimum absolute atomic E-state index is 0.108. The number of para-hydroxylation sites is 1. The smallest absolute Gasteiger partial charge is 0.259 e. The van der Waals surface area contributed by atoms with E-state index in [2.05, 4.69) is 0 Å². The number of carbonyl (C=O) groups is 1. The Morgan fingerprint density at radius 1 is 1.25 bits per heavy atom. The molecule has 118 valence electrons. The second-order valence-corrected chi connectivity index (χ2v) is 5.39. The van der Waals surface area contributed by atoms with Gasteiger partial charge >= 0.3 is 0 Å². The van der Waals surface area contributed by atoms with Crippen LogP contribution in [0.2, 0.25) is 0 Å². The Labute approximate surface area is 138 Å². The monoisotopic (exact) mass is 319 g/mol. The molecule has 1 aromatic heterocycles. The minimum Gasteiger partial charge on any atom is -0.365 e. The molecular formula is C19H14FN3O. The summed E-state index contributed by atoms with van der Waals surface area (Å²) in [5.41, 5.74) is 7.57. The molecule has 0 radical (unpaired) electrons. The number of amides is 1. The predicted molar refractivity (Wildman–Crippen MR) is 90.2 cm³/mol. The molecule has 0 saturated carbocycles. The lowest BCUT2D eigenvalue weighted by Gasteiger charge is -2.05. The first-order valence-corrected chi connectivity index (χ1v) is 7.32. The number of nitriles is 1. The normalized spacial score (nSPS) is 11.4. The first-order valence-electron chi connectivity index (χ1n) is 7.32. The molecule has 0 atom stereocenters. The van der Waals surface area contributed by atoms with E-state index in [4.69, 9.17) is 11.0 Å². The van der Waals surface area contributed by atoms with Crippen molar-refractivity contribution in [3.8, 4) is 6.07 Å². The average Bonchev–Trinajstić information content (AvgIpc) is 2.90.